The van der Waals surface area contributed by atoms with Gasteiger partial charge in [0, 0.05) is 12.3 Å². The van der Waals surface area contributed by atoms with Gasteiger partial charge < -0.3 is 19.3 Å². The minimum atomic E-state index is -1.86. The molecule has 1 aliphatic heterocycles. The molecule has 0 amide bonds. The Kier molecular flexibility index (Phi) is 6.34. The maximum atomic E-state index is 12.5. The van der Waals surface area contributed by atoms with Crippen molar-refractivity contribution >= 4 is 11.9 Å². The lowest BCUT2D eigenvalue weighted by Gasteiger charge is -2.32. The summed E-state index contributed by atoms with van der Waals surface area (Å²) in [6.45, 7) is 11.0. The fraction of sp³-hybridized carbons (Fsp3) is 0.700. The summed E-state index contributed by atoms with van der Waals surface area (Å²) in [5.41, 5.74) is -4.91. The van der Waals surface area contributed by atoms with E-state index in [4.69, 9.17) is 14.2 Å². The van der Waals surface area contributed by atoms with E-state index in [-0.39, 0.29) is 6.61 Å². The van der Waals surface area contributed by atoms with E-state index in [1.807, 2.05) is 0 Å². The number of aliphatic hydroxyl groups is 1. The molecule has 0 unspecified atom stereocenters. The zero-order valence-electron chi connectivity index (χ0n) is 18.3. The molecule has 168 valence electrons. The number of nitrogens with zero attached hydrogens (tertiary/aromatic N) is 1. The van der Waals surface area contributed by atoms with Gasteiger partial charge in [-0.15, -0.1) is 0 Å². The van der Waals surface area contributed by atoms with Crippen LogP contribution in [0, 0.1) is 10.8 Å². The molecule has 4 atom stereocenters. The van der Waals surface area contributed by atoms with E-state index in [1.54, 1.807) is 41.5 Å². The van der Waals surface area contributed by atoms with Crippen LogP contribution in [-0.2, 0) is 23.8 Å². The number of H-pyrrole nitrogens is 1. The molecular formula is C20H30N2O8. The molecule has 0 aromatic carbocycles. The standard InChI is InChI=1S/C20H30N2O8/c1-18(2,3)15(24)28-10-11-13(30-16(25)19(4,5)6)20(7,27)14(29-11)22-9-8-12(23)21-17(22)26/h8-9,11,13-14,27H,10H2,1-7H3,(H,21,23,26)/t11-,13-,14-,20-/m1/s1. The molecule has 30 heavy (non-hydrogen) atoms. The summed E-state index contributed by atoms with van der Waals surface area (Å²) in [5.74, 6) is -1.10. The van der Waals surface area contributed by atoms with Gasteiger partial charge in [-0.1, -0.05) is 0 Å². The highest BCUT2D eigenvalue weighted by Gasteiger charge is 2.57. The second kappa shape index (κ2) is 7.99. The molecular weight excluding hydrogens is 396 g/mol. The molecule has 0 spiro atoms. The van der Waals surface area contributed by atoms with E-state index in [2.05, 4.69) is 4.98 Å². The van der Waals surface area contributed by atoms with Gasteiger partial charge in [-0.3, -0.25) is 23.9 Å². The highest BCUT2D eigenvalue weighted by atomic mass is 16.6. The molecule has 0 saturated carbocycles. The fourth-order valence-electron chi connectivity index (χ4n) is 2.84. The van der Waals surface area contributed by atoms with Crippen LogP contribution in [0.3, 0.4) is 0 Å². The van der Waals surface area contributed by atoms with Crippen LogP contribution in [0.5, 0.6) is 0 Å². The van der Waals surface area contributed by atoms with Crippen molar-refractivity contribution in [1.82, 2.24) is 9.55 Å². The zero-order chi connectivity index (χ0) is 23.1. The van der Waals surface area contributed by atoms with Gasteiger partial charge >= 0.3 is 17.6 Å². The van der Waals surface area contributed by atoms with Crippen LogP contribution in [0.25, 0.3) is 0 Å². The average molecular weight is 426 g/mol. The predicted molar refractivity (Wildman–Crippen MR) is 106 cm³/mol. The SMILES string of the molecule is CC(C)(C)C(=O)OC[C@H]1O[C@@H](n2ccc(=O)[nH]c2=O)[C@](C)(O)[C@@H]1OC(=O)C(C)(C)C. The third-order valence-electron chi connectivity index (χ3n) is 4.66. The van der Waals surface area contributed by atoms with Crippen LogP contribution in [0.4, 0.5) is 0 Å². The topological polar surface area (TPSA) is 137 Å². The van der Waals surface area contributed by atoms with E-state index in [0.29, 0.717) is 0 Å². The Balaban J connectivity index is 2.39. The Hall–Kier alpha value is -2.46. The lowest BCUT2D eigenvalue weighted by atomic mass is 9.93. The van der Waals surface area contributed by atoms with Crippen LogP contribution in [0.1, 0.15) is 54.7 Å². The van der Waals surface area contributed by atoms with Gasteiger partial charge in [-0.2, -0.15) is 0 Å². The molecule has 1 saturated heterocycles. The molecule has 0 radical (unpaired) electrons. The number of esters is 2. The second-order valence-electron chi connectivity index (χ2n) is 9.69. The largest absolute Gasteiger partial charge is 0.462 e. The monoisotopic (exact) mass is 426 g/mol. The molecule has 10 heteroatoms. The quantitative estimate of drug-likeness (QED) is 0.673. The van der Waals surface area contributed by atoms with Crippen molar-refractivity contribution in [2.75, 3.05) is 6.61 Å². The van der Waals surface area contributed by atoms with Crippen LogP contribution >= 0.6 is 0 Å². The van der Waals surface area contributed by atoms with Crippen molar-refractivity contribution in [1.29, 1.82) is 0 Å². The summed E-state index contributed by atoms with van der Waals surface area (Å²) in [6, 6.07) is 1.10. The minimum Gasteiger partial charge on any atom is -0.462 e. The van der Waals surface area contributed by atoms with E-state index < -0.39 is 58.1 Å². The van der Waals surface area contributed by atoms with E-state index in [0.717, 1.165) is 10.6 Å². The minimum absolute atomic E-state index is 0.303. The number of ether oxygens (including phenoxy) is 3. The van der Waals surface area contributed by atoms with Crippen LogP contribution in [0.15, 0.2) is 21.9 Å². The molecule has 1 fully saturated rings. The summed E-state index contributed by atoms with van der Waals surface area (Å²) in [5, 5.41) is 11.2. The first kappa shape index (κ1) is 23.8. The number of carbonyl (C=O) groups excluding carboxylic acids is 2. The van der Waals surface area contributed by atoms with Crippen LogP contribution < -0.4 is 11.2 Å². The van der Waals surface area contributed by atoms with Crippen molar-refractivity contribution in [3.05, 3.63) is 33.1 Å². The highest BCUT2D eigenvalue weighted by molar-refractivity contribution is 5.76. The van der Waals surface area contributed by atoms with Crippen molar-refractivity contribution in [2.45, 2.75) is 72.5 Å². The number of aromatic nitrogens is 2. The Morgan fingerprint density at radius 2 is 1.73 bits per heavy atom. The number of rotatable bonds is 4. The summed E-state index contributed by atoms with van der Waals surface area (Å²) in [7, 11) is 0. The summed E-state index contributed by atoms with van der Waals surface area (Å²) in [6.07, 6.45) is -2.40. The lowest BCUT2D eigenvalue weighted by molar-refractivity contribution is -0.175. The summed E-state index contributed by atoms with van der Waals surface area (Å²) < 4.78 is 17.6. The van der Waals surface area contributed by atoms with E-state index in [9.17, 15) is 24.3 Å². The molecule has 1 aromatic heterocycles. The van der Waals surface area contributed by atoms with Gasteiger partial charge in [-0.05, 0) is 48.5 Å². The summed E-state index contributed by atoms with van der Waals surface area (Å²) in [4.78, 5) is 50.4. The third-order valence-corrected chi connectivity index (χ3v) is 4.66. The van der Waals surface area contributed by atoms with Gasteiger partial charge in [-0.25, -0.2) is 4.79 Å². The molecule has 0 bridgehead atoms. The molecule has 10 nitrogen and oxygen atoms in total. The summed E-state index contributed by atoms with van der Waals surface area (Å²) >= 11 is 0. The van der Waals surface area contributed by atoms with E-state index >= 15 is 0 Å². The first-order chi connectivity index (χ1) is 13.5. The molecule has 2 N–H and O–H groups in total. The number of hydrogen-bond donors (Lipinski definition) is 2. The maximum Gasteiger partial charge on any atom is 0.330 e. The Bertz CT molecular complexity index is 916. The van der Waals surface area contributed by atoms with Gasteiger partial charge in [0.1, 0.15) is 18.3 Å². The first-order valence-electron chi connectivity index (χ1n) is 9.63. The highest BCUT2D eigenvalue weighted by Crippen LogP contribution is 2.40. The van der Waals surface area contributed by atoms with Crippen molar-refractivity contribution in [3.63, 3.8) is 0 Å². The van der Waals surface area contributed by atoms with Gasteiger partial charge in [0.15, 0.2) is 12.3 Å². The number of carbonyl (C=O) groups is 2. The third kappa shape index (κ3) is 4.99. The Morgan fingerprint density at radius 3 is 2.23 bits per heavy atom. The first-order valence-corrected chi connectivity index (χ1v) is 9.63. The van der Waals surface area contributed by atoms with Crippen LogP contribution in [0.2, 0.25) is 0 Å². The normalized spacial score (nSPS) is 27.0. The smallest absolute Gasteiger partial charge is 0.330 e. The van der Waals surface area contributed by atoms with Crippen molar-refractivity contribution < 1.29 is 28.9 Å². The maximum absolute atomic E-state index is 12.5. The molecule has 2 heterocycles. The predicted octanol–water partition coefficient (Wildman–Crippen LogP) is 0.732. The van der Waals surface area contributed by atoms with Crippen molar-refractivity contribution in [3.8, 4) is 0 Å². The van der Waals surface area contributed by atoms with Gasteiger partial charge in [0.05, 0.1) is 10.8 Å². The Morgan fingerprint density at radius 1 is 1.17 bits per heavy atom. The number of nitrogens with one attached hydrogen (secondary N) is 1. The molecule has 2 rings (SSSR count). The van der Waals surface area contributed by atoms with Gasteiger partial charge in [0.25, 0.3) is 5.56 Å². The fourth-order valence-corrected chi connectivity index (χ4v) is 2.84. The Labute approximate surface area is 174 Å². The zero-order valence-corrected chi connectivity index (χ0v) is 18.3. The number of aromatic amines is 1. The average Bonchev–Trinajstić information content (AvgIpc) is 2.82. The lowest BCUT2D eigenvalue weighted by Crippen LogP contribution is -2.50. The molecule has 0 aliphatic carbocycles. The van der Waals surface area contributed by atoms with E-state index in [1.165, 1.54) is 13.1 Å². The van der Waals surface area contributed by atoms with Crippen molar-refractivity contribution in [2.24, 2.45) is 10.8 Å². The molecule has 1 aromatic rings. The van der Waals surface area contributed by atoms with Gasteiger partial charge in [0.2, 0.25) is 0 Å². The number of hydrogen-bond acceptors (Lipinski definition) is 8. The second-order valence-corrected chi connectivity index (χ2v) is 9.69. The van der Waals surface area contributed by atoms with Crippen LogP contribution in [-0.4, -0.2) is 51.0 Å². The molecule has 1 aliphatic rings.